The first kappa shape index (κ1) is 12.7. The lowest BCUT2D eigenvalue weighted by molar-refractivity contribution is 0.453. The van der Waals surface area contributed by atoms with Gasteiger partial charge in [-0.15, -0.1) is 11.3 Å². The van der Waals surface area contributed by atoms with Crippen molar-refractivity contribution in [3.63, 3.8) is 0 Å². The summed E-state index contributed by atoms with van der Waals surface area (Å²) < 4.78 is 0. The molecule has 1 rings (SSSR count). The second-order valence-corrected chi connectivity index (χ2v) is 5.77. The van der Waals surface area contributed by atoms with E-state index >= 15 is 0 Å². The maximum atomic E-state index is 6.02. The number of aryl methyl sites for hydroxylation is 2. The Labute approximate surface area is 97.7 Å². The molecule has 0 aliphatic heterocycles. The molecule has 0 saturated carbocycles. The van der Waals surface area contributed by atoms with Crippen LogP contribution in [0.3, 0.4) is 0 Å². The largest absolute Gasteiger partial charge is 0.327 e. The van der Waals surface area contributed by atoms with E-state index in [9.17, 15) is 0 Å². The summed E-state index contributed by atoms with van der Waals surface area (Å²) in [6.07, 6.45) is 4.74. The number of thiophene rings is 1. The van der Waals surface area contributed by atoms with Gasteiger partial charge in [0.1, 0.15) is 0 Å². The Morgan fingerprint density at radius 1 is 1.27 bits per heavy atom. The molecule has 0 aliphatic rings. The highest BCUT2D eigenvalue weighted by molar-refractivity contribution is 7.11. The Bertz CT molecular complexity index is 278. The van der Waals surface area contributed by atoms with Crippen molar-refractivity contribution in [3.05, 3.63) is 21.9 Å². The van der Waals surface area contributed by atoms with Gasteiger partial charge in [0.25, 0.3) is 0 Å². The molecule has 1 aromatic rings. The lowest BCUT2D eigenvalue weighted by atomic mass is 9.99. The van der Waals surface area contributed by atoms with Crippen LogP contribution in [-0.4, -0.2) is 6.04 Å². The fourth-order valence-electron chi connectivity index (χ4n) is 1.59. The summed E-state index contributed by atoms with van der Waals surface area (Å²) in [5.41, 5.74) is 6.02. The van der Waals surface area contributed by atoms with Crippen molar-refractivity contribution in [3.8, 4) is 0 Å². The molecule has 1 heterocycles. The quantitative estimate of drug-likeness (QED) is 0.786. The van der Waals surface area contributed by atoms with Crippen molar-refractivity contribution in [1.82, 2.24) is 0 Å². The molecule has 0 fully saturated rings. The van der Waals surface area contributed by atoms with Gasteiger partial charge in [-0.05, 0) is 43.7 Å². The standard InChI is InChI=1S/C13H23NS/c1-4-11-8-9-12(15-11)6-5-7-13(14)10(2)3/h8-10,13H,4-7,14H2,1-3H3. The van der Waals surface area contributed by atoms with Crippen LogP contribution in [0.15, 0.2) is 12.1 Å². The zero-order valence-corrected chi connectivity index (χ0v) is 10.9. The van der Waals surface area contributed by atoms with E-state index in [4.69, 9.17) is 5.73 Å². The van der Waals surface area contributed by atoms with Gasteiger partial charge in [-0.3, -0.25) is 0 Å². The third-order valence-electron chi connectivity index (χ3n) is 2.88. The van der Waals surface area contributed by atoms with E-state index in [-0.39, 0.29) is 0 Å². The van der Waals surface area contributed by atoms with Gasteiger partial charge < -0.3 is 5.73 Å². The second-order valence-electron chi connectivity index (χ2n) is 4.52. The molecule has 0 spiro atoms. The molecule has 0 amide bonds. The Balaban J connectivity index is 2.25. The summed E-state index contributed by atoms with van der Waals surface area (Å²) in [6, 6.07) is 4.89. The Hall–Kier alpha value is -0.340. The SMILES string of the molecule is CCc1ccc(CCCC(N)C(C)C)s1. The molecule has 0 aromatic carbocycles. The number of nitrogens with two attached hydrogens (primary N) is 1. The summed E-state index contributed by atoms with van der Waals surface area (Å²) in [5, 5.41) is 0. The van der Waals surface area contributed by atoms with Crippen LogP contribution in [0.5, 0.6) is 0 Å². The van der Waals surface area contributed by atoms with Crippen molar-refractivity contribution in [2.75, 3.05) is 0 Å². The average Bonchev–Trinajstić information content (AvgIpc) is 2.65. The molecule has 2 heteroatoms. The van der Waals surface area contributed by atoms with E-state index in [1.807, 2.05) is 11.3 Å². The monoisotopic (exact) mass is 225 g/mol. The van der Waals surface area contributed by atoms with E-state index < -0.39 is 0 Å². The summed E-state index contributed by atoms with van der Waals surface area (Å²) in [4.78, 5) is 3.01. The second kappa shape index (κ2) is 6.29. The minimum Gasteiger partial charge on any atom is -0.327 e. The Morgan fingerprint density at radius 2 is 1.93 bits per heavy atom. The molecule has 0 aliphatic carbocycles. The van der Waals surface area contributed by atoms with Crippen LogP contribution in [0, 0.1) is 5.92 Å². The van der Waals surface area contributed by atoms with Gasteiger partial charge >= 0.3 is 0 Å². The molecule has 1 unspecified atom stereocenters. The lowest BCUT2D eigenvalue weighted by Gasteiger charge is -2.14. The van der Waals surface area contributed by atoms with Crippen molar-refractivity contribution < 1.29 is 0 Å². The van der Waals surface area contributed by atoms with Crippen LogP contribution in [-0.2, 0) is 12.8 Å². The highest BCUT2D eigenvalue weighted by Gasteiger charge is 2.07. The molecule has 0 saturated heterocycles. The van der Waals surface area contributed by atoms with Crippen molar-refractivity contribution in [2.45, 2.75) is 52.5 Å². The first-order valence-electron chi connectivity index (χ1n) is 5.96. The molecule has 1 atom stereocenters. The van der Waals surface area contributed by atoms with Crippen molar-refractivity contribution in [1.29, 1.82) is 0 Å². The number of hydrogen-bond donors (Lipinski definition) is 1. The smallest absolute Gasteiger partial charge is 0.00620 e. The van der Waals surface area contributed by atoms with E-state index in [1.165, 1.54) is 22.6 Å². The van der Waals surface area contributed by atoms with E-state index in [0.29, 0.717) is 12.0 Å². The maximum absolute atomic E-state index is 6.02. The molecule has 0 radical (unpaired) electrons. The maximum Gasteiger partial charge on any atom is 0.00620 e. The van der Waals surface area contributed by atoms with Crippen LogP contribution < -0.4 is 5.73 Å². The third-order valence-corrected chi connectivity index (χ3v) is 4.17. The molecular weight excluding hydrogens is 202 g/mol. The molecular formula is C13H23NS. The van der Waals surface area contributed by atoms with Crippen molar-refractivity contribution in [2.24, 2.45) is 11.7 Å². The summed E-state index contributed by atoms with van der Waals surface area (Å²) in [5.74, 6) is 0.611. The Kier molecular flexibility index (Phi) is 5.34. The van der Waals surface area contributed by atoms with Gasteiger partial charge in [-0.25, -0.2) is 0 Å². The molecule has 1 aromatic heterocycles. The van der Waals surface area contributed by atoms with Gasteiger partial charge in [0.05, 0.1) is 0 Å². The van der Waals surface area contributed by atoms with Crippen LogP contribution in [0.1, 0.15) is 43.4 Å². The average molecular weight is 225 g/mol. The third kappa shape index (κ3) is 4.35. The summed E-state index contributed by atoms with van der Waals surface area (Å²) in [7, 11) is 0. The molecule has 1 nitrogen and oxygen atoms in total. The van der Waals surface area contributed by atoms with Gasteiger partial charge in [-0.2, -0.15) is 0 Å². The first-order valence-corrected chi connectivity index (χ1v) is 6.78. The molecule has 86 valence electrons. The van der Waals surface area contributed by atoms with Crippen LogP contribution in [0.2, 0.25) is 0 Å². The molecule has 2 N–H and O–H groups in total. The fourth-order valence-corrected chi connectivity index (χ4v) is 2.59. The Morgan fingerprint density at radius 3 is 2.47 bits per heavy atom. The normalized spacial score (nSPS) is 13.4. The van der Waals surface area contributed by atoms with E-state index in [2.05, 4.69) is 32.9 Å². The summed E-state index contributed by atoms with van der Waals surface area (Å²) >= 11 is 1.95. The van der Waals surface area contributed by atoms with Gasteiger partial charge in [0.2, 0.25) is 0 Å². The van der Waals surface area contributed by atoms with Crippen LogP contribution in [0.4, 0.5) is 0 Å². The minimum absolute atomic E-state index is 0.371. The number of rotatable bonds is 6. The molecule has 0 bridgehead atoms. The zero-order valence-electron chi connectivity index (χ0n) is 10.1. The van der Waals surface area contributed by atoms with Crippen LogP contribution >= 0.6 is 11.3 Å². The predicted octanol–water partition coefficient (Wildman–Crippen LogP) is 3.62. The van der Waals surface area contributed by atoms with Gasteiger partial charge in [0, 0.05) is 15.8 Å². The lowest BCUT2D eigenvalue weighted by Crippen LogP contribution is -2.26. The summed E-state index contributed by atoms with van der Waals surface area (Å²) in [6.45, 7) is 6.61. The van der Waals surface area contributed by atoms with Crippen LogP contribution in [0.25, 0.3) is 0 Å². The highest BCUT2D eigenvalue weighted by Crippen LogP contribution is 2.19. The first-order chi connectivity index (χ1) is 7.13. The number of hydrogen-bond acceptors (Lipinski definition) is 2. The van der Waals surface area contributed by atoms with E-state index in [1.54, 1.807) is 0 Å². The molecule has 15 heavy (non-hydrogen) atoms. The van der Waals surface area contributed by atoms with E-state index in [0.717, 1.165) is 12.8 Å². The fraction of sp³-hybridized carbons (Fsp3) is 0.692. The van der Waals surface area contributed by atoms with Gasteiger partial charge in [0.15, 0.2) is 0 Å². The predicted molar refractivity (Wildman–Crippen MR) is 69.4 cm³/mol. The zero-order chi connectivity index (χ0) is 11.3. The van der Waals surface area contributed by atoms with Crippen molar-refractivity contribution >= 4 is 11.3 Å². The minimum atomic E-state index is 0.371. The van der Waals surface area contributed by atoms with Gasteiger partial charge in [-0.1, -0.05) is 20.8 Å². The topological polar surface area (TPSA) is 26.0 Å². The highest BCUT2D eigenvalue weighted by atomic mass is 32.1.